The first-order chi connectivity index (χ1) is 14.2. The second-order valence-electron chi connectivity index (χ2n) is 8.31. The number of allylic oxidation sites excluding steroid dienone is 4. The monoisotopic (exact) mass is 445 g/mol. The molecule has 0 aliphatic rings. The summed E-state index contributed by atoms with van der Waals surface area (Å²) in [5.74, 6) is -0.938. The van der Waals surface area contributed by atoms with Crippen LogP contribution in [0.4, 0.5) is 0 Å². The molecule has 30 heavy (non-hydrogen) atoms. The van der Waals surface area contributed by atoms with E-state index in [9.17, 15) is 9.90 Å². The Morgan fingerprint density at radius 1 is 0.633 bits per heavy atom. The van der Waals surface area contributed by atoms with E-state index in [1.54, 1.807) is 0 Å². The van der Waals surface area contributed by atoms with Gasteiger partial charge < -0.3 is 9.90 Å². The van der Waals surface area contributed by atoms with Crippen LogP contribution in [-0.2, 0) is 4.79 Å². The van der Waals surface area contributed by atoms with E-state index in [4.69, 9.17) is 0 Å². The summed E-state index contributed by atoms with van der Waals surface area (Å²) < 4.78 is 0. The van der Waals surface area contributed by atoms with Gasteiger partial charge >= 0.3 is 51.4 Å². The molecule has 0 aliphatic carbocycles. The molecule has 0 heterocycles. The molecule has 0 aromatic rings. The molecular weight excluding hydrogens is 397 g/mol. The second kappa shape index (κ2) is 27.6. The molecular formula is C26H48KNO2. The van der Waals surface area contributed by atoms with Crippen molar-refractivity contribution < 1.29 is 61.3 Å². The van der Waals surface area contributed by atoms with Crippen LogP contribution in [0.25, 0.3) is 0 Å². The van der Waals surface area contributed by atoms with Crippen molar-refractivity contribution in [2.45, 2.75) is 117 Å². The Morgan fingerprint density at radius 3 is 1.30 bits per heavy atom. The van der Waals surface area contributed by atoms with Gasteiger partial charge in [-0.1, -0.05) is 88.5 Å². The number of carbonyl (C=O) groups is 1. The molecule has 4 heteroatoms. The third-order valence-corrected chi connectivity index (χ3v) is 5.51. The first kappa shape index (κ1) is 32.7. The van der Waals surface area contributed by atoms with Gasteiger partial charge in [-0.25, -0.2) is 0 Å². The molecule has 0 N–H and O–H groups in total. The minimum atomic E-state index is -0.938. The van der Waals surface area contributed by atoms with Crippen LogP contribution in [-0.4, -0.2) is 30.5 Å². The number of carboxylic acids is 1. The molecule has 0 aromatic heterocycles. The number of carboxylic acid groups (broad SMARTS) is 1. The Balaban J connectivity index is 0. The van der Waals surface area contributed by atoms with E-state index in [0.29, 0.717) is 0 Å². The number of rotatable bonds is 22. The number of hydrogen-bond donors (Lipinski definition) is 0. The standard InChI is InChI=1S/C26H49NO2.K/c1-3-5-7-9-11-13-15-17-19-21-23-27(25-26(28)29)24-22-20-18-16-14-12-10-8-6-4-2;/h3-6H,7-25H2,1-2H3,(H,28,29);/q;+1/p-1/b5-3+,6-4+;. The predicted molar refractivity (Wildman–Crippen MR) is 125 cm³/mol. The van der Waals surface area contributed by atoms with Crippen molar-refractivity contribution in [2.75, 3.05) is 19.6 Å². The molecule has 0 aromatic carbocycles. The van der Waals surface area contributed by atoms with Gasteiger partial charge in [-0.2, -0.15) is 0 Å². The normalized spacial score (nSPS) is 11.6. The maximum atomic E-state index is 11.0. The first-order valence-corrected chi connectivity index (χ1v) is 12.3. The molecule has 0 amide bonds. The second-order valence-corrected chi connectivity index (χ2v) is 8.31. The summed E-state index contributed by atoms with van der Waals surface area (Å²) in [4.78, 5) is 13.1. The van der Waals surface area contributed by atoms with Crippen LogP contribution in [0, 0.1) is 0 Å². The van der Waals surface area contributed by atoms with Crippen molar-refractivity contribution in [3.63, 3.8) is 0 Å². The summed E-state index contributed by atoms with van der Waals surface area (Å²) in [5.41, 5.74) is 0. The Kier molecular flexibility index (Phi) is 30.1. The van der Waals surface area contributed by atoms with E-state index < -0.39 is 5.97 Å². The maximum Gasteiger partial charge on any atom is 1.00 e. The van der Waals surface area contributed by atoms with E-state index in [-0.39, 0.29) is 57.9 Å². The van der Waals surface area contributed by atoms with Gasteiger partial charge in [0.2, 0.25) is 0 Å². The molecule has 0 unspecified atom stereocenters. The van der Waals surface area contributed by atoms with Gasteiger partial charge in [0.1, 0.15) is 0 Å². The zero-order valence-electron chi connectivity index (χ0n) is 20.5. The minimum absolute atomic E-state index is 0. The molecule has 0 radical (unpaired) electrons. The molecule has 0 fully saturated rings. The fraction of sp³-hybridized carbons (Fsp3) is 0.808. The summed E-state index contributed by atoms with van der Waals surface area (Å²) in [6, 6.07) is 0. The fourth-order valence-corrected chi connectivity index (χ4v) is 3.75. The van der Waals surface area contributed by atoms with Crippen molar-refractivity contribution in [1.29, 1.82) is 0 Å². The van der Waals surface area contributed by atoms with Crippen molar-refractivity contribution in [2.24, 2.45) is 0 Å². The van der Waals surface area contributed by atoms with Crippen LogP contribution in [0.1, 0.15) is 117 Å². The van der Waals surface area contributed by atoms with Gasteiger partial charge in [0.25, 0.3) is 0 Å². The van der Waals surface area contributed by atoms with Crippen molar-refractivity contribution in [3.8, 4) is 0 Å². The Morgan fingerprint density at radius 2 is 0.967 bits per heavy atom. The van der Waals surface area contributed by atoms with Crippen LogP contribution in [0.15, 0.2) is 24.3 Å². The molecule has 0 atom stereocenters. The quantitative estimate of drug-likeness (QED) is 0.146. The zero-order chi connectivity index (χ0) is 21.4. The first-order valence-electron chi connectivity index (χ1n) is 12.3. The van der Waals surface area contributed by atoms with Crippen LogP contribution in [0.5, 0.6) is 0 Å². The van der Waals surface area contributed by atoms with Gasteiger partial charge in [0.15, 0.2) is 0 Å². The third kappa shape index (κ3) is 26.6. The minimum Gasteiger partial charge on any atom is -0.549 e. The van der Waals surface area contributed by atoms with Gasteiger partial charge in [0, 0.05) is 6.54 Å². The molecule has 0 saturated heterocycles. The molecule has 0 aliphatic heterocycles. The summed E-state index contributed by atoms with van der Waals surface area (Å²) >= 11 is 0. The van der Waals surface area contributed by atoms with E-state index in [1.807, 2.05) is 0 Å². The topological polar surface area (TPSA) is 43.4 Å². The third-order valence-electron chi connectivity index (χ3n) is 5.51. The van der Waals surface area contributed by atoms with Crippen LogP contribution < -0.4 is 56.5 Å². The average Bonchev–Trinajstić information content (AvgIpc) is 2.70. The molecule has 0 saturated carbocycles. The fourth-order valence-electron chi connectivity index (χ4n) is 3.75. The predicted octanol–water partition coefficient (Wildman–Crippen LogP) is 3.44. The van der Waals surface area contributed by atoms with Crippen LogP contribution in [0.3, 0.4) is 0 Å². The largest absolute Gasteiger partial charge is 1.00 e. The number of aliphatic carboxylic acids is 1. The Labute approximate surface area is 230 Å². The summed E-state index contributed by atoms with van der Waals surface area (Å²) in [5, 5.41) is 11.0. The smallest absolute Gasteiger partial charge is 0.549 e. The SMILES string of the molecule is C/C=C/CCCCCCCCCN(CCCCCCCCC/C=C/C)CC(=O)[O-].[K+]. The van der Waals surface area contributed by atoms with E-state index in [2.05, 4.69) is 43.1 Å². The van der Waals surface area contributed by atoms with Crippen molar-refractivity contribution in [1.82, 2.24) is 4.90 Å². The number of unbranched alkanes of at least 4 members (excludes halogenated alkanes) is 14. The van der Waals surface area contributed by atoms with E-state index in [0.717, 1.165) is 25.9 Å². The van der Waals surface area contributed by atoms with Crippen LogP contribution >= 0.6 is 0 Å². The molecule has 0 rings (SSSR count). The Hall–Kier alpha value is 0.546. The van der Waals surface area contributed by atoms with Crippen LogP contribution in [0.2, 0.25) is 0 Å². The number of carbonyl (C=O) groups excluding carboxylic acids is 1. The van der Waals surface area contributed by atoms with E-state index in [1.165, 1.54) is 89.9 Å². The molecule has 0 spiro atoms. The molecule has 3 nitrogen and oxygen atoms in total. The summed E-state index contributed by atoms with van der Waals surface area (Å²) in [7, 11) is 0. The number of hydrogen-bond acceptors (Lipinski definition) is 3. The molecule has 0 bridgehead atoms. The zero-order valence-corrected chi connectivity index (χ0v) is 23.6. The number of nitrogens with zero attached hydrogens (tertiary/aromatic N) is 1. The van der Waals surface area contributed by atoms with Gasteiger partial charge in [-0.3, -0.25) is 4.90 Å². The average molecular weight is 446 g/mol. The van der Waals surface area contributed by atoms with Gasteiger partial charge in [-0.05, 0) is 65.5 Å². The van der Waals surface area contributed by atoms with Gasteiger partial charge in [0.05, 0.1) is 5.97 Å². The van der Waals surface area contributed by atoms with Crippen molar-refractivity contribution >= 4 is 5.97 Å². The van der Waals surface area contributed by atoms with E-state index >= 15 is 0 Å². The molecule has 170 valence electrons. The van der Waals surface area contributed by atoms with Gasteiger partial charge in [-0.15, -0.1) is 0 Å². The summed E-state index contributed by atoms with van der Waals surface area (Å²) in [6.45, 7) is 6.06. The summed E-state index contributed by atoms with van der Waals surface area (Å²) in [6.07, 6.45) is 28.9. The van der Waals surface area contributed by atoms with Crippen molar-refractivity contribution in [3.05, 3.63) is 24.3 Å². The maximum absolute atomic E-state index is 11.0. The Bertz CT molecular complexity index is 380.